The van der Waals surface area contributed by atoms with Crippen molar-refractivity contribution >= 4 is 40.5 Å². The summed E-state index contributed by atoms with van der Waals surface area (Å²) in [5.74, 6) is 0.278. The largest absolute Gasteiger partial charge is 0.495 e. The van der Waals surface area contributed by atoms with Gasteiger partial charge in [0.15, 0.2) is 10.9 Å². The number of carbonyl (C=O) groups excluding carboxylic acids is 1. The van der Waals surface area contributed by atoms with Gasteiger partial charge in [0.2, 0.25) is 0 Å². The van der Waals surface area contributed by atoms with Crippen LogP contribution in [0.5, 0.6) is 5.75 Å². The predicted octanol–water partition coefficient (Wildman–Crippen LogP) is 3.38. The smallest absolute Gasteiger partial charge is 0.293 e. The Hall–Kier alpha value is -2.05. The lowest BCUT2D eigenvalue weighted by Crippen LogP contribution is -2.34. The van der Waals surface area contributed by atoms with E-state index in [0.717, 1.165) is 5.56 Å². The third-order valence-corrected chi connectivity index (χ3v) is 3.31. The first-order chi connectivity index (χ1) is 10.0. The minimum Gasteiger partial charge on any atom is -0.495 e. The summed E-state index contributed by atoms with van der Waals surface area (Å²) in [6, 6.07) is 6.63. The molecule has 2 aromatic rings. The highest BCUT2D eigenvalue weighted by Crippen LogP contribution is 2.30. The van der Waals surface area contributed by atoms with Crippen LogP contribution < -0.4 is 15.4 Å². The molecule has 2 rings (SSSR count). The number of halogens is 1. The van der Waals surface area contributed by atoms with Gasteiger partial charge < -0.3 is 14.5 Å². The van der Waals surface area contributed by atoms with Gasteiger partial charge in [0.25, 0.3) is 5.91 Å². The van der Waals surface area contributed by atoms with Gasteiger partial charge >= 0.3 is 0 Å². The van der Waals surface area contributed by atoms with Gasteiger partial charge in [0.1, 0.15) is 5.75 Å². The Morgan fingerprint density at radius 2 is 2.19 bits per heavy atom. The van der Waals surface area contributed by atoms with Gasteiger partial charge in [-0.05, 0) is 42.9 Å². The molecule has 1 aromatic carbocycles. The molecule has 0 spiro atoms. The Morgan fingerprint density at radius 3 is 2.81 bits per heavy atom. The average molecular weight is 325 g/mol. The van der Waals surface area contributed by atoms with E-state index in [1.165, 1.54) is 13.4 Å². The van der Waals surface area contributed by atoms with E-state index in [2.05, 4.69) is 10.6 Å². The van der Waals surface area contributed by atoms with Crippen LogP contribution in [0.15, 0.2) is 34.9 Å². The molecule has 21 heavy (non-hydrogen) atoms. The van der Waals surface area contributed by atoms with Crippen molar-refractivity contribution in [2.24, 2.45) is 0 Å². The van der Waals surface area contributed by atoms with Crippen LogP contribution in [0.25, 0.3) is 0 Å². The zero-order valence-corrected chi connectivity index (χ0v) is 13.0. The molecule has 0 aliphatic rings. The standard InChI is InChI=1S/C14H13ClN2O3S/c1-8-6-10(12(19-2)7-9(8)15)16-14(21)17-13(18)11-4-3-5-20-11/h3-7H,1-2H3,(H2,16,17,18,21). The maximum absolute atomic E-state index is 11.8. The van der Waals surface area contributed by atoms with Crippen LogP contribution in [-0.4, -0.2) is 18.1 Å². The number of hydrogen-bond donors (Lipinski definition) is 2. The van der Waals surface area contributed by atoms with Crippen LogP contribution in [0.1, 0.15) is 16.1 Å². The number of carbonyl (C=O) groups is 1. The van der Waals surface area contributed by atoms with E-state index in [1.54, 1.807) is 24.3 Å². The first-order valence-electron chi connectivity index (χ1n) is 6.01. The SMILES string of the molecule is COc1cc(Cl)c(C)cc1NC(=S)NC(=O)c1ccco1. The molecular weight excluding hydrogens is 312 g/mol. The lowest BCUT2D eigenvalue weighted by molar-refractivity contribution is 0.0950. The van der Waals surface area contributed by atoms with Crippen LogP contribution in [0.2, 0.25) is 5.02 Å². The van der Waals surface area contributed by atoms with Crippen LogP contribution in [-0.2, 0) is 0 Å². The second-order valence-electron chi connectivity index (χ2n) is 4.19. The second-order valence-corrected chi connectivity index (χ2v) is 5.00. The van der Waals surface area contributed by atoms with Crippen molar-refractivity contribution in [1.82, 2.24) is 5.32 Å². The van der Waals surface area contributed by atoms with Gasteiger partial charge in [-0.1, -0.05) is 11.6 Å². The highest BCUT2D eigenvalue weighted by Gasteiger charge is 2.13. The molecule has 1 aromatic heterocycles. The van der Waals surface area contributed by atoms with Crippen molar-refractivity contribution in [2.45, 2.75) is 6.92 Å². The van der Waals surface area contributed by atoms with Gasteiger partial charge in [-0.15, -0.1) is 0 Å². The topological polar surface area (TPSA) is 63.5 Å². The number of nitrogens with one attached hydrogen (secondary N) is 2. The molecule has 0 saturated heterocycles. The number of ether oxygens (including phenoxy) is 1. The van der Waals surface area contributed by atoms with Gasteiger partial charge in [-0.25, -0.2) is 0 Å². The maximum Gasteiger partial charge on any atom is 0.293 e. The summed E-state index contributed by atoms with van der Waals surface area (Å²) in [5, 5.41) is 6.13. The molecular formula is C14H13ClN2O3S. The van der Waals surface area contributed by atoms with Crippen LogP contribution in [0.4, 0.5) is 5.69 Å². The Labute approximate surface area is 132 Å². The number of benzene rings is 1. The van der Waals surface area contributed by atoms with Crippen molar-refractivity contribution in [3.8, 4) is 5.75 Å². The zero-order chi connectivity index (χ0) is 15.4. The summed E-state index contributed by atoms with van der Waals surface area (Å²) in [6.45, 7) is 1.86. The Kier molecular flexibility index (Phi) is 4.82. The fourth-order valence-electron chi connectivity index (χ4n) is 1.66. The quantitative estimate of drug-likeness (QED) is 0.847. The molecule has 1 heterocycles. The Bertz CT molecular complexity index is 671. The molecule has 0 bridgehead atoms. The number of anilines is 1. The average Bonchev–Trinajstić information content (AvgIpc) is 2.96. The first-order valence-corrected chi connectivity index (χ1v) is 6.80. The second kappa shape index (κ2) is 6.60. The number of amides is 1. The van der Waals surface area contributed by atoms with Crippen molar-refractivity contribution < 1.29 is 13.9 Å². The highest BCUT2D eigenvalue weighted by molar-refractivity contribution is 7.80. The first kappa shape index (κ1) is 15.3. The number of rotatable bonds is 3. The summed E-state index contributed by atoms with van der Waals surface area (Å²) >= 11 is 11.1. The molecule has 0 aliphatic heterocycles. The third-order valence-electron chi connectivity index (χ3n) is 2.70. The van der Waals surface area contributed by atoms with E-state index >= 15 is 0 Å². The Morgan fingerprint density at radius 1 is 1.43 bits per heavy atom. The summed E-state index contributed by atoms with van der Waals surface area (Å²) in [5.41, 5.74) is 1.48. The molecule has 2 N–H and O–H groups in total. The number of hydrogen-bond acceptors (Lipinski definition) is 4. The summed E-state index contributed by atoms with van der Waals surface area (Å²) in [6.07, 6.45) is 1.41. The van der Waals surface area contributed by atoms with Crippen molar-refractivity contribution in [1.29, 1.82) is 0 Å². The summed E-state index contributed by atoms with van der Waals surface area (Å²) in [7, 11) is 1.52. The number of aryl methyl sites for hydroxylation is 1. The van der Waals surface area contributed by atoms with Crippen LogP contribution in [0.3, 0.4) is 0 Å². The fraction of sp³-hybridized carbons (Fsp3) is 0.143. The normalized spacial score (nSPS) is 10.0. The summed E-state index contributed by atoms with van der Waals surface area (Å²) in [4.78, 5) is 11.8. The van der Waals surface area contributed by atoms with Gasteiger partial charge in [-0.2, -0.15) is 0 Å². The molecule has 0 radical (unpaired) electrons. The lowest BCUT2D eigenvalue weighted by Gasteiger charge is -2.14. The van der Waals surface area contributed by atoms with E-state index in [9.17, 15) is 4.79 Å². The van der Waals surface area contributed by atoms with E-state index in [4.69, 9.17) is 33.0 Å². The number of thiocarbonyl (C=S) groups is 1. The molecule has 1 amide bonds. The predicted molar refractivity (Wildman–Crippen MR) is 85.1 cm³/mol. The highest BCUT2D eigenvalue weighted by atomic mass is 35.5. The lowest BCUT2D eigenvalue weighted by atomic mass is 10.2. The van der Waals surface area contributed by atoms with Crippen molar-refractivity contribution in [3.05, 3.63) is 46.9 Å². The molecule has 5 nitrogen and oxygen atoms in total. The molecule has 0 aliphatic carbocycles. The van der Waals surface area contributed by atoms with Crippen LogP contribution >= 0.6 is 23.8 Å². The Balaban J connectivity index is 2.09. The monoisotopic (exact) mass is 324 g/mol. The minimum absolute atomic E-state index is 0.136. The van der Waals surface area contributed by atoms with E-state index in [0.29, 0.717) is 16.5 Å². The third kappa shape index (κ3) is 3.74. The molecule has 0 fully saturated rings. The van der Waals surface area contributed by atoms with Gasteiger partial charge in [0.05, 0.1) is 19.1 Å². The van der Waals surface area contributed by atoms with E-state index in [-0.39, 0.29) is 10.9 Å². The molecule has 7 heteroatoms. The minimum atomic E-state index is -0.429. The van der Waals surface area contributed by atoms with E-state index in [1.807, 2.05) is 6.92 Å². The van der Waals surface area contributed by atoms with Crippen molar-refractivity contribution in [3.63, 3.8) is 0 Å². The van der Waals surface area contributed by atoms with E-state index < -0.39 is 5.91 Å². The zero-order valence-electron chi connectivity index (χ0n) is 11.4. The van der Waals surface area contributed by atoms with Gasteiger partial charge in [0, 0.05) is 11.1 Å². The van der Waals surface area contributed by atoms with Crippen molar-refractivity contribution in [2.75, 3.05) is 12.4 Å². The van der Waals surface area contributed by atoms with Crippen LogP contribution in [0, 0.1) is 6.92 Å². The molecule has 110 valence electrons. The summed E-state index contributed by atoms with van der Waals surface area (Å²) < 4.78 is 10.2. The molecule has 0 saturated carbocycles. The number of methoxy groups -OCH3 is 1. The molecule has 0 atom stereocenters. The maximum atomic E-state index is 11.8. The number of furan rings is 1. The molecule has 0 unspecified atom stereocenters. The fourth-order valence-corrected chi connectivity index (χ4v) is 2.01. The van der Waals surface area contributed by atoms with Gasteiger partial charge in [-0.3, -0.25) is 10.1 Å².